The molecule has 2 heterocycles. The number of aliphatic hydroxyl groups is 1. The highest BCUT2D eigenvalue weighted by molar-refractivity contribution is 7.11. The average molecular weight is 393 g/mol. The first-order valence-electron chi connectivity index (χ1n) is 8.63. The van der Waals surface area contributed by atoms with Crippen LogP contribution in [0.5, 0.6) is 11.5 Å². The highest BCUT2D eigenvalue weighted by Crippen LogP contribution is 2.35. The molecule has 0 fully saturated rings. The van der Waals surface area contributed by atoms with Crippen LogP contribution in [0.3, 0.4) is 0 Å². The lowest BCUT2D eigenvalue weighted by Crippen LogP contribution is -2.25. The molecule has 4 rings (SSSR count). The minimum atomic E-state index is 0.149. The maximum absolute atomic E-state index is 10.5. The molecule has 142 valence electrons. The van der Waals surface area contributed by atoms with Gasteiger partial charge >= 0.3 is 0 Å². The number of nitrogens with one attached hydrogen (secondary N) is 1. The molecule has 3 aromatic rings. The fraction of sp³-hybridized carbons (Fsp3) is 0.143. The van der Waals surface area contributed by atoms with E-state index in [4.69, 9.17) is 14.9 Å². The first-order chi connectivity index (χ1) is 13.6. The zero-order chi connectivity index (χ0) is 19.7. The summed E-state index contributed by atoms with van der Waals surface area (Å²) in [6.45, 7) is 0.248. The Balaban J connectivity index is 1.59. The number of hydrogen-bond acceptors (Lipinski definition) is 6. The SMILES string of the molecule is COc1ccc(-c2csc(C3=C(O)CN(c4ccc(OC)cc4)C3=N)n2)cc1. The lowest BCUT2D eigenvalue weighted by Gasteiger charge is -2.18. The third-order valence-corrected chi connectivity index (χ3v) is 5.45. The van der Waals surface area contributed by atoms with Gasteiger partial charge in [-0.1, -0.05) is 0 Å². The van der Waals surface area contributed by atoms with Gasteiger partial charge in [-0.3, -0.25) is 5.41 Å². The summed E-state index contributed by atoms with van der Waals surface area (Å²) in [7, 11) is 3.24. The monoisotopic (exact) mass is 393 g/mol. The van der Waals surface area contributed by atoms with E-state index in [1.165, 1.54) is 11.3 Å². The van der Waals surface area contributed by atoms with Crippen molar-refractivity contribution < 1.29 is 14.6 Å². The molecule has 2 aromatic carbocycles. The number of nitrogens with zero attached hydrogens (tertiary/aromatic N) is 2. The molecule has 0 aliphatic carbocycles. The lowest BCUT2D eigenvalue weighted by atomic mass is 10.1. The van der Waals surface area contributed by atoms with Crippen molar-refractivity contribution in [2.24, 2.45) is 0 Å². The first kappa shape index (κ1) is 18.1. The van der Waals surface area contributed by atoms with Crippen molar-refractivity contribution in [2.75, 3.05) is 25.7 Å². The van der Waals surface area contributed by atoms with Gasteiger partial charge in [-0.25, -0.2) is 4.98 Å². The predicted octanol–water partition coefficient (Wildman–Crippen LogP) is 4.59. The average Bonchev–Trinajstić information content (AvgIpc) is 3.32. The summed E-state index contributed by atoms with van der Waals surface area (Å²) in [5, 5.41) is 21.6. The number of hydrogen-bond donors (Lipinski definition) is 2. The molecular formula is C21H19N3O3S. The van der Waals surface area contributed by atoms with Gasteiger partial charge in [0.2, 0.25) is 0 Å². The summed E-state index contributed by atoms with van der Waals surface area (Å²) < 4.78 is 10.4. The molecule has 7 heteroatoms. The minimum absolute atomic E-state index is 0.149. The third kappa shape index (κ3) is 3.20. The predicted molar refractivity (Wildman–Crippen MR) is 112 cm³/mol. The van der Waals surface area contributed by atoms with Gasteiger partial charge in [0.1, 0.15) is 28.1 Å². The van der Waals surface area contributed by atoms with E-state index in [0.29, 0.717) is 10.6 Å². The van der Waals surface area contributed by atoms with Crippen molar-refractivity contribution in [3.05, 3.63) is 64.7 Å². The Morgan fingerprint density at radius 3 is 2.21 bits per heavy atom. The molecule has 0 bridgehead atoms. The van der Waals surface area contributed by atoms with Crippen LogP contribution >= 0.6 is 11.3 Å². The Hall–Kier alpha value is -3.32. The van der Waals surface area contributed by atoms with E-state index in [9.17, 15) is 5.11 Å². The van der Waals surface area contributed by atoms with Crippen LogP contribution in [-0.4, -0.2) is 36.7 Å². The molecule has 1 aliphatic heterocycles. The second-order valence-corrected chi connectivity index (χ2v) is 7.08. The van der Waals surface area contributed by atoms with Crippen molar-refractivity contribution in [1.29, 1.82) is 5.41 Å². The van der Waals surface area contributed by atoms with Gasteiger partial charge in [0, 0.05) is 16.6 Å². The maximum atomic E-state index is 10.5. The fourth-order valence-corrected chi connectivity index (χ4v) is 3.97. The van der Waals surface area contributed by atoms with E-state index < -0.39 is 0 Å². The number of aromatic nitrogens is 1. The molecule has 0 atom stereocenters. The Labute approximate surface area is 166 Å². The quantitative estimate of drug-likeness (QED) is 0.663. The van der Waals surface area contributed by atoms with Crippen LogP contribution in [0.4, 0.5) is 5.69 Å². The van der Waals surface area contributed by atoms with Crippen LogP contribution in [0.1, 0.15) is 5.01 Å². The number of methoxy groups -OCH3 is 2. The fourth-order valence-electron chi connectivity index (χ4n) is 3.07. The highest BCUT2D eigenvalue weighted by Gasteiger charge is 2.31. The van der Waals surface area contributed by atoms with E-state index in [1.807, 2.05) is 53.9 Å². The van der Waals surface area contributed by atoms with E-state index >= 15 is 0 Å². The van der Waals surface area contributed by atoms with E-state index in [2.05, 4.69) is 4.98 Å². The molecule has 0 spiro atoms. The lowest BCUT2D eigenvalue weighted by molar-refractivity contribution is 0.411. The summed E-state index contributed by atoms with van der Waals surface area (Å²) in [5.74, 6) is 1.91. The molecule has 0 saturated heterocycles. The molecule has 28 heavy (non-hydrogen) atoms. The summed E-state index contributed by atoms with van der Waals surface area (Å²) in [6.07, 6.45) is 0. The van der Waals surface area contributed by atoms with Crippen LogP contribution in [-0.2, 0) is 0 Å². The normalized spacial score (nSPS) is 13.9. The Morgan fingerprint density at radius 2 is 1.61 bits per heavy atom. The first-order valence-corrected chi connectivity index (χ1v) is 9.51. The molecule has 2 N–H and O–H groups in total. The van der Waals surface area contributed by atoms with Crippen LogP contribution in [0.15, 0.2) is 59.7 Å². The van der Waals surface area contributed by atoms with Crippen molar-refractivity contribution in [3.63, 3.8) is 0 Å². The summed E-state index contributed by atoms with van der Waals surface area (Å²) in [4.78, 5) is 6.40. The molecule has 0 amide bonds. The highest BCUT2D eigenvalue weighted by atomic mass is 32.1. The molecule has 0 radical (unpaired) electrons. The second-order valence-electron chi connectivity index (χ2n) is 6.22. The Morgan fingerprint density at radius 1 is 1.00 bits per heavy atom. The molecule has 0 unspecified atom stereocenters. The van der Waals surface area contributed by atoms with Crippen molar-refractivity contribution in [3.8, 4) is 22.8 Å². The topological polar surface area (TPSA) is 78.7 Å². The number of benzene rings is 2. The van der Waals surface area contributed by atoms with Crippen LogP contribution < -0.4 is 14.4 Å². The second kappa shape index (κ2) is 7.36. The molecule has 1 aromatic heterocycles. The number of thiazole rings is 1. The number of rotatable bonds is 5. The van der Waals surface area contributed by atoms with Gasteiger partial charge in [0.25, 0.3) is 0 Å². The zero-order valence-corrected chi connectivity index (χ0v) is 16.3. The Bertz CT molecular complexity index is 1040. The minimum Gasteiger partial charge on any atom is -0.510 e. The maximum Gasteiger partial charge on any atom is 0.139 e. The van der Waals surface area contributed by atoms with Crippen molar-refractivity contribution in [2.45, 2.75) is 0 Å². The van der Waals surface area contributed by atoms with Crippen LogP contribution in [0.2, 0.25) is 0 Å². The molecule has 1 aliphatic rings. The van der Waals surface area contributed by atoms with E-state index in [1.54, 1.807) is 19.1 Å². The largest absolute Gasteiger partial charge is 0.510 e. The van der Waals surface area contributed by atoms with Gasteiger partial charge < -0.3 is 19.5 Å². The number of amidine groups is 1. The van der Waals surface area contributed by atoms with Gasteiger partial charge in [-0.15, -0.1) is 11.3 Å². The van der Waals surface area contributed by atoms with Gasteiger partial charge in [0.15, 0.2) is 0 Å². The number of ether oxygens (including phenoxy) is 2. The summed E-state index contributed by atoms with van der Waals surface area (Å²) >= 11 is 1.41. The zero-order valence-electron chi connectivity index (χ0n) is 15.5. The van der Waals surface area contributed by atoms with E-state index in [-0.39, 0.29) is 18.1 Å². The summed E-state index contributed by atoms with van der Waals surface area (Å²) in [5.41, 5.74) is 3.05. The van der Waals surface area contributed by atoms with Crippen LogP contribution in [0, 0.1) is 5.41 Å². The number of anilines is 1. The molecule has 6 nitrogen and oxygen atoms in total. The molecule has 0 saturated carbocycles. The van der Waals surface area contributed by atoms with Crippen molar-refractivity contribution >= 4 is 28.4 Å². The van der Waals surface area contributed by atoms with Gasteiger partial charge in [-0.05, 0) is 48.5 Å². The molecular weight excluding hydrogens is 374 g/mol. The van der Waals surface area contributed by atoms with Gasteiger partial charge in [0.05, 0.1) is 32.0 Å². The van der Waals surface area contributed by atoms with Gasteiger partial charge in [-0.2, -0.15) is 0 Å². The van der Waals surface area contributed by atoms with Crippen molar-refractivity contribution in [1.82, 2.24) is 4.98 Å². The standard InChI is InChI=1S/C21H19N3O3S/c1-26-15-7-3-13(4-8-15)17-12-28-21(23-17)19-18(25)11-24(20(19)22)14-5-9-16(27-2)10-6-14/h3-10,12,22,25H,11H2,1-2H3. The summed E-state index contributed by atoms with van der Waals surface area (Å²) in [6, 6.07) is 15.1. The third-order valence-electron chi connectivity index (χ3n) is 4.59. The van der Waals surface area contributed by atoms with Crippen LogP contribution in [0.25, 0.3) is 16.8 Å². The number of aliphatic hydroxyl groups excluding tert-OH is 1. The Kier molecular flexibility index (Phi) is 4.75. The smallest absolute Gasteiger partial charge is 0.139 e. The van der Waals surface area contributed by atoms with E-state index in [0.717, 1.165) is 28.4 Å².